The molecule has 15 atom stereocenters. The summed E-state index contributed by atoms with van der Waals surface area (Å²) in [5, 5.41) is 39.2. The van der Waals surface area contributed by atoms with Crippen LogP contribution in [0.4, 0.5) is 0 Å². The van der Waals surface area contributed by atoms with Crippen LogP contribution >= 0.6 is 45.8 Å². The van der Waals surface area contributed by atoms with Gasteiger partial charge in [0, 0.05) is 108 Å². The van der Waals surface area contributed by atoms with E-state index in [1.165, 1.54) is 77.6 Å². The number of aliphatic hydroxyl groups excluding tert-OH is 3. The Morgan fingerprint density at radius 2 is 0.830 bits per heavy atom. The van der Waals surface area contributed by atoms with E-state index >= 15 is 0 Å². The molecule has 12 nitrogen and oxygen atoms in total. The Kier molecular flexibility index (Phi) is 31.9. The number of quaternary nitrogens is 2. The maximum Gasteiger partial charge on any atom is 0.131 e. The molecule has 9 aliphatic rings. The monoisotopic (exact) mass is 1630 g/mol. The number of rotatable bonds is 18. The maximum atomic E-state index is 12.6. The molecule has 6 bridgehead atoms. The number of benzene rings is 5. The average molecular weight is 1640 g/mol. The highest BCUT2D eigenvalue weighted by atomic mass is 127. The van der Waals surface area contributed by atoms with Gasteiger partial charge in [0.25, 0.3) is 0 Å². The molecule has 3 aromatic heterocycles. The molecule has 106 heavy (non-hydrogen) atoms. The fourth-order valence-corrected chi connectivity index (χ4v) is 19.9. The molecule has 2 unspecified atom stereocenters. The van der Waals surface area contributed by atoms with Crippen LogP contribution in [-0.2, 0) is 24.8 Å². The zero-order valence-electron chi connectivity index (χ0n) is 64.6. The van der Waals surface area contributed by atoms with Crippen molar-refractivity contribution in [2.24, 2.45) is 35.5 Å². The molecule has 0 radical (unpaired) electrons. The van der Waals surface area contributed by atoms with Gasteiger partial charge in [0.1, 0.15) is 54.6 Å². The number of hydrogen-bond acceptors (Lipinski definition) is 10. The molecule has 0 saturated carbocycles. The summed E-state index contributed by atoms with van der Waals surface area (Å²) in [6.07, 6.45) is 16.6. The van der Waals surface area contributed by atoms with E-state index in [0.717, 1.165) is 160 Å². The van der Waals surface area contributed by atoms with Crippen molar-refractivity contribution in [3.8, 4) is 17.2 Å². The molecule has 12 heterocycles. The molecule has 5 aromatic carbocycles. The molecule has 9 fully saturated rings. The molecule has 0 spiro atoms. The van der Waals surface area contributed by atoms with Crippen LogP contribution in [0, 0.1) is 90.9 Å². The van der Waals surface area contributed by atoms with E-state index in [-0.39, 0.29) is 50.4 Å². The molecular weight excluding hydrogens is 1520 g/mol. The van der Waals surface area contributed by atoms with Crippen LogP contribution < -0.4 is 39.0 Å². The highest BCUT2D eigenvalue weighted by Gasteiger charge is 2.56. The fraction of sp³-hybridized carbons (Fsp3) is 0.494. The second-order valence-corrected chi connectivity index (χ2v) is 32.0. The lowest BCUT2D eigenvalue weighted by Gasteiger charge is -2.59. The molecule has 576 valence electrons. The van der Waals surface area contributed by atoms with Gasteiger partial charge in [-0.25, -0.2) is 0 Å². The number of halogens is 5. The first-order chi connectivity index (χ1) is 49.6. The lowest BCUT2D eigenvalue weighted by molar-refractivity contribution is -0.985. The van der Waals surface area contributed by atoms with Crippen molar-refractivity contribution in [1.82, 2.24) is 19.9 Å². The van der Waals surface area contributed by atoms with Crippen LogP contribution in [0.25, 0.3) is 32.7 Å². The van der Waals surface area contributed by atoms with Gasteiger partial charge < -0.3 is 63.3 Å². The number of nitrogens with zero attached hydrogens (tertiary/aromatic N) is 6. The van der Waals surface area contributed by atoms with Gasteiger partial charge in [0.15, 0.2) is 0 Å². The summed E-state index contributed by atoms with van der Waals surface area (Å²) in [6, 6.07) is 24.0. The SMILES string of the molecule is C.C=CC1CN2CC[C@H]1C[C@H]2[C@H](O)c1ccnc2ccc(OC)cc12.C=C[C@H]1C[N@+]2(Cc3c(C)c(C)c(C[N@@+]45CC[C@@H](C[C@H]4[C@H](O)c4ccnc6ccc(OC)cc46)[C@@H](C=C)C5)c(C)c3C)CC[C@H]1C[C@H]2[C@H](O)c1ccnc2ccc(OC)cc12.CC.CCI.Cc1c(C)c(CCl)c(C)c(C)c1CCl.[Cl-].[Cl-]. The predicted molar refractivity (Wildman–Crippen MR) is 442 cm³/mol. The van der Waals surface area contributed by atoms with E-state index in [1.807, 2.05) is 99.0 Å². The van der Waals surface area contributed by atoms with Crippen molar-refractivity contribution < 1.29 is 63.3 Å². The number of pyridine rings is 3. The molecule has 9 aliphatic heterocycles. The normalized spacial score (nSPS) is 25.1. The van der Waals surface area contributed by atoms with Crippen molar-refractivity contribution in [2.45, 2.75) is 183 Å². The van der Waals surface area contributed by atoms with Crippen LogP contribution in [0.15, 0.2) is 129 Å². The molecule has 17 rings (SSSR count). The molecule has 0 aliphatic carbocycles. The Bertz CT molecular complexity index is 4080. The van der Waals surface area contributed by atoms with Gasteiger partial charge >= 0.3 is 0 Å². The van der Waals surface area contributed by atoms with Gasteiger partial charge in [-0.2, -0.15) is 0 Å². The van der Waals surface area contributed by atoms with Gasteiger partial charge in [0.05, 0.1) is 70.2 Å². The molecule has 8 aromatic rings. The van der Waals surface area contributed by atoms with Gasteiger partial charge in [-0.3, -0.25) is 19.9 Å². The fourth-order valence-electron chi connectivity index (χ4n) is 19.1. The molecule has 0 amide bonds. The largest absolute Gasteiger partial charge is 1.00 e. The number of alkyl halides is 3. The van der Waals surface area contributed by atoms with Gasteiger partial charge in [0.2, 0.25) is 0 Å². The first kappa shape index (κ1) is 87.8. The number of aliphatic hydroxyl groups is 3. The Morgan fingerprint density at radius 3 is 1.13 bits per heavy atom. The Hall–Kier alpha value is -5.40. The minimum absolute atomic E-state index is 0. The van der Waals surface area contributed by atoms with Crippen molar-refractivity contribution in [1.29, 1.82) is 0 Å². The summed E-state index contributed by atoms with van der Waals surface area (Å²) in [4.78, 5) is 16.2. The van der Waals surface area contributed by atoms with Crippen molar-refractivity contribution in [3.05, 3.63) is 213 Å². The number of fused-ring (bicyclic) bond motifs is 12. The third-order valence-corrected chi connectivity index (χ3v) is 26.1. The molecule has 9 saturated heterocycles. The molecule has 3 N–H and O–H groups in total. The summed E-state index contributed by atoms with van der Waals surface area (Å²) in [6.45, 7) is 44.5. The van der Waals surface area contributed by atoms with E-state index in [9.17, 15) is 15.3 Å². The number of piperidine rings is 9. The standard InChI is InChI=1S/C52H64N4O4.C20H24N2O2.C12H16Cl2.C2H5I.C2H6.CH4.2ClH/c1-9-35-27-55(21-17-37(35)23-49(55)51(57)41-15-19-53-47-13-11-39(59-7)25-43(41)47)29-45-31(3)33(5)46(34(6)32(45)4)30-56-22-18-38(36(10-2)28-56)24-50(56)52(58)42-16-20-54-48-14-12-40(60-8)26-44(42)48;1-3-13-12-22-9-7-14(13)10-19(22)20(23)16-6-8-21-18-5-4-15(24-2)11-17(16)18;1-7-8(2)12(6-14)10(4)9(3)11(7)5-13;1-2-3;1-2;;;/h9-16,19-20,25-26,35-38,49-52,57-58H,1-2,17-18,21-24,27-30H2,3-8H3;3-6,8,11,13-14,19-20,23H,1,7,9-10,12H2,2H3;5-6H2,1-4H3;2H2,1H3;1-2H3;1H4;2*1H/q+2;;;;;;;/p-2/t35-,36-,37-,38-,49-,50-,51+,52+,55-,56-;13?,14-,19-,20+;;;;;;/m00....../s1. The van der Waals surface area contributed by atoms with Crippen molar-refractivity contribution >= 4 is 78.5 Å². The van der Waals surface area contributed by atoms with Crippen LogP contribution in [0.2, 0.25) is 0 Å². The summed E-state index contributed by atoms with van der Waals surface area (Å²) < 4.78 is 19.5. The second-order valence-electron chi connectivity index (χ2n) is 29.9. The van der Waals surface area contributed by atoms with Gasteiger partial charge in [-0.15, -0.1) is 42.9 Å². The highest BCUT2D eigenvalue weighted by Crippen LogP contribution is 2.52. The Morgan fingerprint density at radius 1 is 0.509 bits per heavy atom. The van der Waals surface area contributed by atoms with Crippen LogP contribution in [0.3, 0.4) is 0 Å². The topological polar surface area (TPSA) is 130 Å². The van der Waals surface area contributed by atoms with Crippen LogP contribution in [-0.4, -0.2) is 127 Å². The number of aromatic nitrogens is 3. The van der Waals surface area contributed by atoms with Crippen molar-refractivity contribution in [2.75, 3.05) is 65.0 Å². The maximum absolute atomic E-state index is 12.6. The Labute approximate surface area is 670 Å². The van der Waals surface area contributed by atoms with Gasteiger partial charge in [-0.1, -0.05) is 69.0 Å². The first-order valence-corrected chi connectivity index (χ1v) is 40.2. The highest BCUT2D eigenvalue weighted by molar-refractivity contribution is 14.1. The summed E-state index contributed by atoms with van der Waals surface area (Å²) >= 11 is 14.2. The van der Waals surface area contributed by atoms with Crippen LogP contribution in [0.1, 0.15) is 168 Å². The zero-order valence-corrected chi connectivity index (χ0v) is 69.8. The van der Waals surface area contributed by atoms with E-state index in [2.05, 4.69) is 143 Å². The number of ether oxygens (including phenoxy) is 3. The minimum Gasteiger partial charge on any atom is -1.00 e. The number of hydrogen-bond donors (Lipinski definition) is 3. The third-order valence-electron chi connectivity index (χ3n) is 25.6. The molecule has 17 heteroatoms. The van der Waals surface area contributed by atoms with Crippen LogP contribution in [0.5, 0.6) is 17.2 Å². The zero-order chi connectivity index (χ0) is 74.4. The van der Waals surface area contributed by atoms with E-state index in [1.54, 1.807) is 27.5 Å². The third kappa shape index (κ3) is 17.4. The molecular formula is C89H119Cl4IN6O6. The second kappa shape index (κ2) is 38.5. The lowest BCUT2D eigenvalue weighted by Crippen LogP contribution is -3.00. The van der Waals surface area contributed by atoms with E-state index in [0.29, 0.717) is 47.3 Å². The lowest BCUT2D eigenvalue weighted by atomic mass is 9.70. The Balaban J connectivity index is 0.000000278. The smallest absolute Gasteiger partial charge is 0.131 e. The van der Waals surface area contributed by atoms with Crippen molar-refractivity contribution in [3.63, 3.8) is 0 Å². The predicted octanol–water partition coefficient (Wildman–Crippen LogP) is 14.0. The first-order valence-electron chi connectivity index (χ1n) is 37.6. The summed E-state index contributed by atoms with van der Waals surface area (Å²) in [5.74, 6) is 6.62. The number of methoxy groups -OCH3 is 3. The summed E-state index contributed by atoms with van der Waals surface area (Å²) in [5.41, 5.74) is 21.5. The summed E-state index contributed by atoms with van der Waals surface area (Å²) in [7, 11) is 5.04. The van der Waals surface area contributed by atoms with E-state index < -0.39 is 18.3 Å². The average Bonchev–Trinajstić information content (AvgIpc) is 0.715. The van der Waals surface area contributed by atoms with Gasteiger partial charge in [-0.05, 0) is 248 Å². The van der Waals surface area contributed by atoms with E-state index in [4.69, 9.17) is 37.4 Å². The minimum atomic E-state index is -0.643. The quantitative estimate of drug-likeness (QED) is 0.0330.